The first-order chi connectivity index (χ1) is 16.8. The lowest BCUT2D eigenvalue weighted by Crippen LogP contribution is -2.64. The summed E-state index contributed by atoms with van der Waals surface area (Å²) >= 11 is 7.28. The van der Waals surface area contributed by atoms with Crippen molar-refractivity contribution in [1.82, 2.24) is 0 Å². The van der Waals surface area contributed by atoms with E-state index in [4.69, 9.17) is 16.3 Å². The van der Waals surface area contributed by atoms with Crippen LogP contribution in [0.1, 0.15) is 39.7 Å². The van der Waals surface area contributed by atoms with Crippen LogP contribution in [-0.4, -0.2) is 42.4 Å². The van der Waals surface area contributed by atoms with Crippen molar-refractivity contribution in [3.63, 3.8) is 0 Å². The number of ether oxygens (including phenoxy) is 1. The maximum Gasteiger partial charge on any atom is 0.315 e. The number of fused-ring (bicyclic) bond motifs is 3. The highest BCUT2D eigenvalue weighted by Gasteiger charge is 2.50. The molecule has 1 unspecified atom stereocenters. The highest BCUT2D eigenvalue weighted by atomic mass is 35.5. The maximum absolute atomic E-state index is 14.0. The second kappa shape index (κ2) is 9.80. The fraction of sp³-hybridized carbons (Fsp3) is 0.333. The zero-order valence-corrected chi connectivity index (χ0v) is 20.5. The van der Waals surface area contributed by atoms with E-state index in [1.807, 2.05) is 0 Å². The summed E-state index contributed by atoms with van der Waals surface area (Å²) in [6.07, 6.45) is 0.749. The fourth-order valence-corrected chi connectivity index (χ4v) is 6.47. The van der Waals surface area contributed by atoms with Crippen molar-refractivity contribution in [2.45, 2.75) is 18.9 Å². The number of hydrogen-bond donors (Lipinski definition) is 0. The number of hydrogen-bond acceptors (Lipinski definition) is 4. The van der Waals surface area contributed by atoms with E-state index in [0.717, 1.165) is 25.9 Å². The van der Waals surface area contributed by atoms with Crippen molar-refractivity contribution in [2.75, 3.05) is 26.2 Å². The molecule has 8 heteroatoms. The Bertz CT molecular complexity index is 1210. The van der Waals surface area contributed by atoms with Crippen molar-refractivity contribution in [2.24, 2.45) is 11.8 Å². The number of carbonyl (C=O) groups is 2. The Balaban J connectivity index is 1.37. The van der Waals surface area contributed by atoms with Gasteiger partial charge in [-0.05, 0) is 53.4 Å². The van der Waals surface area contributed by atoms with E-state index in [1.165, 1.54) is 35.6 Å². The fourth-order valence-electron chi connectivity index (χ4n) is 5.49. The molecule has 2 aromatic carbocycles. The molecule has 1 atom stereocenters. The minimum atomic E-state index is -0.923. The normalized spacial score (nSPS) is 23.4. The van der Waals surface area contributed by atoms with E-state index in [0.29, 0.717) is 37.9 Å². The monoisotopic (exact) mass is 516 g/mol. The van der Waals surface area contributed by atoms with Crippen LogP contribution in [-0.2, 0) is 9.53 Å². The number of benzene rings is 2. The van der Waals surface area contributed by atoms with Gasteiger partial charge in [0.1, 0.15) is 24.1 Å². The zero-order chi connectivity index (χ0) is 24.6. The molecule has 3 fully saturated rings. The van der Waals surface area contributed by atoms with Crippen LogP contribution in [0.2, 0.25) is 4.34 Å². The number of nitrogens with zero attached hydrogens (tertiary/aromatic N) is 1. The summed E-state index contributed by atoms with van der Waals surface area (Å²) in [6.45, 7) is 2.53. The summed E-state index contributed by atoms with van der Waals surface area (Å²) < 4.78 is 35.1. The number of ketones is 1. The number of Topliss-reactive ketones (excluding diaryl/α,β-unsaturated/α-hetero) is 1. The lowest BCUT2D eigenvalue weighted by molar-refractivity contribution is -0.938. The number of thiophene rings is 1. The van der Waals surface area contributed by atoms with E-state index in [9.17, 15) is 18.4 Å². The molecule has 3 aliphatic heterocycles. The molecule has 3 aromatic rings. The summed E-state index contributed by atoms with van der Waals surface area (Å²) in [5, 5.41) is 0. The number of quaternary nitrogens is 1. The average molecular weight is 517 g/mol. The Morgan fingerprint density at radius 1 is 1.00 bits per heavy atom. The maximum atomic E-state index is 14.0. The molecule has 2 bridgehead atoms. The molecular formula is C27H25ClF2NO3S+. The van der Waals surface area contributed by atoms with Crippen LogP contribution in [0.3, 0.4) is 0 Å². The Morgan fingerprint density at radius 3 is 2.17 bits per heavy atom. The molecule has 0 spiro atoms. The minimum absolute atomic E-state index is 0.0340. The average Bonchev–Trinajstić information content (AvgIpc) is 3.29. The van der Waals surface area contributed by atoms with Gasteiger partial charge in [0.25, 0.3) is 0 Å². The van der Waals surface area contributed by atoms with Crippen molar-refractivity contribution in [3.05, 3.63) is 92.6 Å². The van der Waals surface area contributed by atoms with Gasteiger partial charge in [0.05, 0.1) is 28.8 Å². The van der Waals surface area contributed by atoms with Crippen LogP contribution in [0.15, 0.2) is 60.7 Å². The van der Waals surface area contributed by atoms with Crippen LogP contribution in [0, 0.1) is 23.5 Å². The van der Waals surface area contributed by atoms with Gasteiger partial charge in [-0.15, -0.1) is 11.3 Å². The van der Waals surface area contributed by atoms with Gasteiger partial charge in [0.2, 0.25) is 5.78 Å². The van der Waals surface area contributed by atoms with Gasteiger partial charge in [-0.1, -0.05) is 35.9 Å². The van der Waals surface area contributed by atoms with Gasteiger partial charge in [-0.2, -0.15) is 0 Å². The number of carbonyl (C=O) groups excluding carboxylic acids is 2. The number of esters is 1. The largest absolute Gasteiger partial charge is 0.452 e. The molecule has 0 radical (unpaired) electrons. The molecule has 0 N–H and O–H groups in total. The SMILES string of the molecule is O=C(C[N+]12CCC(CC1)C(C(=O)OC(c1cccc(F)c1)c1cccc(F)c1)C2)c1ccc(Cl)s1. The predicted molar refractivity (Wildman–Crippen MR) is 130 cm³/mol. The molecule has 4 nitrogen and oxygen atoms in total. The van der Waals surface area contributed by atoms with Gasteiger partial charge in [-0.3, -0.25) is 9.59 Å². The van der Waals surface area contributed by atoms with E-state index in [2.05, 4.69) is 0 Å². The second-order valence-corrected chi connectivity index (χ2v) is 11.2. The second-order valence-electron chi connectivity index (χ2n) is 9.53. The van der Waals surface area contributed by atoms with E-state index in [-0.39, 0.29) is 23.6 Å². The first-order valence-electron chi connectivity index (χ1n) is 11.7. The van der Waals surface area contributed by atoms with Crippen molar-refractivity contribution in [3.8, 4) is 0 Å². The molecule has 1 aromatic heterocycles. The first kappa shape index (κ1) is 24.1. The molecule has 6 rings (SSSR count). The van der Waals surface area contributed by atoms with E-state index >= 15 is 0 Å². The van der Waals surface area contributed by atoms with Gasteiger partial charge in [0, 0.05) is 12.8 Å². The Morgan fingerprint density at radius 2 is 1.63 bits per heavy atom. The molecule has 4 heterocycles. The standard InChI is InChI=1S/C27H25ClF2NO3S/c28-25-8-7-24(35-25)23(32)16-31-11-9-17(10-12-31)22(15-31)27(33)34-26(18-3-1-5-20(29)13-18)19-4-2-6-21(30)14-19/h1-8,13-14,17,22,26H,9-12,15-16H2/q+1. The third kappa shape index (κ3) is 5.17. The first-order valence-corrected chi connectivity index (χ1v) is 12.9. The van der Waals surface area contributed by atoms with E-state index in [1.54, 1.807) is 36.4 Å². The summed E-state index contributed by atoms with van der Waals surface area (Å²) in [7, 11) is 0. The molecule has 3 saturated heterocycles. The highest BCUT2D eigenvalue weighted by molar-refractivity contribution is 7.18. The molecular weight excluding hydrogens is 492 g/mol. The van der Waals surface area contributed by atoms with E-state index < -0.39 is 17.7 Å². The topological polar surface area (TPSA) is 43.4 Å². The third-order valence-corrected chi connectivity index (χ3v) is 8.54. The highest BCUT2D eigenvalue weighted by Crippen LogP contribution is 2.40. The Hall–Kier alpha value is -2.61. The van der Waals surface area contributed by atoms with Gasteiger partial charge >= 0.3 is 5.97 Å². The molecule has 0 saturated carbocycles. The van der Waals surface area contributed by atoms with Gasteiger partial charge < -0.3 is 9.22 Å². The van der Waals surface area contributed by atoms with Gasteiger partial charge in [-0.25, -0.2) is 8.78 Å². The summed E-state index contributed by atoms with van der Waals surface area (Å²) in [4.78, 5) is 27.1. The van der Waals surface area contributed by atoms with Crippen molar-refractivity contribution >= 4 is 34.7 Å². The molecule has 0 amide bonds. The molecule has 0 aliphatic carbocycles. The van der Waals surface area contributed by atoms with Crippen molar-refractivity contribution in [1.29, 1.82) is 0 Å². The molecule has 3 aliphatic rings. The number of piperidine rings is 3. The van der Waals surface area contributed by atoms with Crippen LogP contribution < -0.4 is 0 Å². The smallest absolute Gasteiger partial charge is 0.315 e. The molecule has 182 valence electrons. The van der Waals surface area contributed by atoms with Crippen LogP contribution in [0.5, 0.6) is 0 Å². The third-order valence-electron chi connectivity index (χ3n) is 7.27. The Labute approximate surface area is 211 Å². The zero-order valence-electron chi connectivity index (χ0n) is 19.0. The summed E-state index contributed by atoms with van der Waals surface area (Å²) in [5.41, 5.74) is 0.887. The van der Waals surface area contributed by atoms with Gasteiger partial charge in [0.15, 0.2) is 6.10 Å². The van der Waals surface area contributed by atoms with Crippen LogP contribution in [0.25, 0.3) is 0 Å². The number of rotatable bonds is 7. The summed E-state index contributed by atoms with van der Waals surface area (Å²) in [6, 6.07) is 15.1. The Kier molecular flexibility index (Phi) is 6.75. The van der Waals surface area contributed by atoms with Crippen LogP contribution in [0.4, 0.5) is 8.78 Å². The summed E-state index contributed by atoms with van der Waals surface area (Å²) in [5.74, 6) is -1.47. The van der Waals surface area contributed by atoms with Crippen molar-refractivity contribution < 1.29 is 27.6 Å². The number of halogens is 3. The molecule has 35 heavy (non-hydrogen) atoms. The lowest BCUT2D eigenvalue weighted by Gasteiger charge is -2.51. The minimum Gasteiger partial charge on any atom is -0.452 e. The van der Waals surface area contributed by atoms with Crippen LogP contribution >= 0.6 is 22.9 Å². The lowest BCUT2D eigenvalue weighted by atomic mass is 9.77. The quantitative estimate of drug-likeness (QED) is 0.218. The predicted octanol–water partition coefficient (Wildman–Crippen LogP) is 6.05.